The van der Waals surface area contributed by atoms with E-state index in [1.807, 2.05) is 6.07 Å². The average molecular weight is 313 g/mol. The van der Waals surface area contributed by atoms with Gasteiger partial charge in [0.15, 0.2) is 0 Å². The molecule has 0 saturated heterocycles. The van der Waals surface area contributed by atoms with Crippen molar-refractivity contribution >= 4 is 27.5 Å². The van der Waals surface area contributed by atoms with Crippen molar-refractivity contribution in [1.82, 2.24) is 4.90 Å². The van der Waals surface area contributed by atoms with Gasteiger partial charge in [0, 0.05) is 22.7 Å². The van der Waals surface area contributed by atoms with Crippen molar-refractivity contribution in [3.8, 4) is 0 Å². The van der Waals surface area contributed by atoms with Gasteiger partial charge in [-0.05, 0) is 37.5 Å². The number of benzene rings is 1. The minimum absolute atomic E-state index is 0.0152. The predicted molar refractivity (Wildman–Crippen MR) is 74.3 cm³/mol. The van der Waals surface area contributed by atoms with E-state index in [1.165, 1.54) is 0 Å². The first-order chi connectivity index (χ1) is 8.63. The van der Waals surface area contributed by atoms with Gasteiger partial charge < -0.3 is 15.7 Å². The molecule has 0 atom stereocenters. The van der Waals surface area contributed by atoms with E-state index in [4.69, 9.17) is 10.8 Å². The Morgan fingerprint density at radius 2 is 2.22 bits per heavy atom. The standard InChI is InChI=1S/C13H17BrN2O2/c14-9-4-5-11(12(15)8-9)13(18)16(6-7-17)10-2-1-3-10/h4-5,8,10,17H,1-3,6-7,15H2. The largest absolute Gasteiger partial charge is 0.398 e. The lowest BCUT2D eigenvalue weighted by molar-refractivity contribution is 0.0527. The van der Waals surface area contributed by atoms with Gasteiger partial charge in [0.2, 0.25) is 0 Å². The Kier molecular flexibility index (Phi) is 4.24. The molecule has 0 bridgehead atoms. The van der Waals surface area contributed by atoms with Crippen LogP contribution in [0.4, 0.5) is 5.69 Å². The topological polar surface area (TPSA) is 66.6 Å². The molecule has 98 valence electrons. The van der Waals surface area contributed by atoms with Crippen molar-refractivity contribution < 1.29 is 9.90 Å². The van der Waals surface area contributed by atoms with Gasteiger partial charge in [0.05, 0.1) is 12.2 Å². The molecule has 0 heterocycles. The number of aliphatic hydroxyl groups excluding tert-OH is 1. The Morgan fingerprint density at radius 3 is 2.72 bits per heavy atom. The minimum Gasteiger partial charge on any atom is -0.398 e. The van der Waals surface area contributed by atoms with E-state index in [1.54, 1.807) is 17.0 Å². The zero-order valence-electron chi connectivity index (χ0n) is 10.1. The maximum absolute atomic E-state index is 12.4. The van der Waals surface area contributed by atoms with Crippen LogP contribution in [0.5, 0.6) is 0 Å². The van der Waals surface area contributed by atoms with Crippen molar-refractivity contribution in [2.24, 2.45) is 0 Å². The van der Waals surface area contributed by atoms with Crippen molar-refractivity contribution in [2.45, 2.75) is 25.3 Å². The van der Waals surface area contributed by atoms with E-state index in [2.05, 4.69) is 15.9 Å². The summed E-state index contributed by atoms with van der Waals surface area (Å²) in [4.78, 5) is 14.2. The molecule has 3 N–H and O–H groups in total. The van der Waals surface area contributed by atoms with Crippen molar-refractivity contribution in [2.75, 3.05) is 18.9 Å². The van der Waals surface area contributed by atoms with Gasteiger partial charge in [0.25, 0.3) is 5.91 Å². The molecule has 1 saturated carbocycles. The van der Waals surface area contributed by atoms with Crippen molar-refractivity contribution in [3.63, 3.8) is 0 Å². The number of rotatable bonds is 4. The third-order valence-electron chi connectivity index (χ3n) is 3.36. The molecular formula is C13H17BrN2O2. The number of anilines is 1. The van der Waals surface area contributed by atoms with Crippen LogP contribution >= 0.6 is 15.9 Å². The summed E-state index contributed by atoms with van der Waals surface area (Å²) in [6.07, 6.45) is 3.18. The molecule has 1 aliphatic carbocycles. The molecule has 18 heavy (non-hydrogen) atoms. The molecule has 0 radical (unpaired) electrons. The molecule has 0 aliphatic heterocycles. The maximum Gasteiger partial charge on any atom is 0.256 e. The van der Waals surface area contributed by atoms with Crippen LogP contribution in [0, 0.1) is 0 Å². The van der Waals surface area contributed by atoms with Gasteiger partial charge in [-0.25, -0.2) is 0 Å². The third-order valence-corrected chi connectivity index (χ3v) is 3.85. The molecule has 1 amide bonds. The van der Waals surface area contributed by atoms with E-state index in [0.717, 1.165) is 23.7 Å². The molecule has 0 unspecified atom stereocenters. The predicted octanol–water partition coefficient (Wildman–Crippen LogP) is 2.02. The lowest BCUT2D eigenvalue weighted by Crippen LogP contribution is -2.45. The highest BCUT2D eigenvalue weighted by Crippen LogP contribution is 2.28. The first kappa shape index (κ1) is 13.4. The van der Waals surface area contributed by atoms with Crippen LogP contribution in [0.1, 0.15) is 29.6 Å². The second-order valence-corrected chi connectivity index (χ2v) is 5.45. The maximum atomic E-state index is 12.4. The van der Waals surface area contributed by atoms with Crippen LogP contribution in [-0.2, 0) is 0 Å². The van der Waals surface area contributed by atoms with Gasteiger partial charge in [-0.1, -0.05) is 15.9 Å². The van der Waals surface area contributed by atoms with E-state index < -0.39 is 0 Å². The second-order valence-electron chi connectivity index (χ2n) is 4.54. The highest BCUT2D eigenvalue weighted by Gasteiger charge is 2.29. The number of aliphatic hydroxyl groups is 1. The molecule has 5 heteroatoms. The third kappa shape index (κ3) is 2.67. The highest BCUT2D eigenvalue weighted by atomic mass is 79.9. The fourth-order valence-corrected chi connectivity index (χ4v) is 2.52. The second kappa shape index (κ2) is 5.71. The van der Waals surface area contributed by atoms with Gasteiger partial charge in [-0.15, -0.1) is 0 Å². The van der Waals surface area contributed by atoms with Gasteiger partial charge in [-0.3, -0.25) is 4.79 Å². The van der Waals surface area contributed by atoms with E-state index in [-0.39, 0.29) is 18.6 Å². The summed E-state index contributed by atoms with van der Waals surface area (Å²) in [7, 11) is 0. The lowest BCUT2D eigenvalue weighted by Gasteiger charge is -2.37. The first-order valence-corrected chi connectivity index (χ1v) is 6.89. The van der Waals surface area contributed by atoms with Crippen LogP contribution in [0.3, 0.4) is 0 Å². The number of hydrogen-bond donors (Lipinski definition) is 2. The number of carbonyl (C=O) groups is 1. The number of nitrogens with two attached hydrogens (primary N) is 1. The van der Waals surface area contributed by atoms with Crippen LogP contribution < -0.4 is 5.73 Å². The van der Waals surface area contributed by atoms with Crippen LogP contribution in [0.2, 0.25) is 0 Å². The average Bonchev–Trinajstić information content (AvgIpc) is 2.25. The number of carbonyl (C=O) groups excluding carboxylic acids is 1. The van der Waals surface area contributed by atoms with E-state index in [0.29, 0.717) is 17.8 Å². The van der Waals surface area contributed by atoms with Crippen LogP contribution in [0.15, 0.2) is 22.7 Å². The lowest BCUT2D eigenvalue weighted by atomic mass is 9.91. The fraction of sp³-hybridized carbons (Fsp3) is 0.462. The number of halogens is 1. The van der Waals surface area contributed by atoms with Gasteiger partial charge in [0.1, 0.15) is 0 Å². The number of hydrogen-bond acceptors (Lipinski definition) is 3. The molecular weight excluding hydrogens is 296 g/mol. The van der Waals surface area contributed by atoms with Crippen LogP contribution in [-0.4, -0.2) is 35.1 Å². The summed E-state index contributed by atoms with van der Waals surface area (Å²) in [6.45, 7) is 0.359. The zero-order chi connectivity index (χ0) is 13.1. The quantitative estimate of drug-likeness (QED) is 0.836. The summed E-state index contributed by atoms with van der Waals surface area (Å²) in [5.74, 6) is -0.0845. The molecule has 1 aliphatic rings. The number of nitrogen functional groups attached to an aromatic ring is 1. The summed E-state index contributed by atoms with van der Waals surface area (Å²) < 4.78 is 0.855. The minimum atomic E-state index is -0.0845. The fourth-order valence-electron chi connectivity index (χ4n) is 2.14. The molecule has 0 spiro atoms. The molecule has 4 nitrogen and oxygen atoms in total. The van der Waals surface area contributed by atoms with Gasteiger partial charge >= 0.3 is 0 Å². The van der Waals surface area contributed by atoms with E-state index in [9.17, 15) is 4.79 Å². The number of amides is 1. The Bertz CT molecular complexity index is 447. The van der Waals surface area contributed by atoms with Crippen molar-refractivity contribution in [3.05, 3.63) is 28.2 Å². The normalized spacial score (nSPS) is 15.2. The Hall–Kier alpha value is -1.07. The smallest absolute Gasteiger partial charge is 0.256 e. The molecule has 1 aromatic carbocycles. The Morgan fingerprint density at radius 1 is 1.50 bits per heavy atom. The Balaban J connectivity index is 2.21. The van der Waals surface area contributed by atoms with Crippen LogP contribution in [0.25, 0.3) is 0 Å². The summed E-state index contributed by atoms with van der Waals surface area (Å²) in [6, 6.07) is 5.52. The summed E-state index contributed by atoms with van der Waals surface area (Å²) in [5.41, 5.74) is 6.86. The first-order valence-electron chi connectivity index (χ1n) is 6.10. The van der Waals surface area contributed by atoms with Crippen molar-refractivity contribution in [1.29, 1.82) is 0 Å². The van der Waals surface area contributed by atoms with E-state index >= 15 is 0 Å². The monoisotopic (exact) mass is 312 g/mol. The molecule has 0 aromatic heterocycles. The SMILES string of the molecule is Nc1cc(Br)ccc1C(=O)N(CCO)C1CCC1. The summed E-state index contributed by atoms with van der Waals surface area (Å²) in [5, 5.41) is 9.08. The summed E-state index contributed by atoms with van der Waals surface area (Å²) >= 11 is 3.32. The highest BCUT2D eigenvalue weighted by molar-refractivity contribution is 9.10. The molecule has 2 rings (SSSR count). The Labute approximate surface area is 115 Å². The van der Waals surface area contributed by atoms with Gasteiger partial charge in [-0.2, -0.15) is 0 Å². The zero-order valence-corrected chi connectivity index (χ0v) is 11.7. The molecule has 1 aromatic rings. The molecule has 1 fully saturated rings. The number of nitrogens with zero attached hydrogens (tertiary/aromatic N) is 1.